The number of hydrogen-bond acceptors (Lipinski definition) is 4. The SMILES string of the molecule is COc1ccc2c(ccn2CC(=O)N2CCc3ccccc3C2c2cc(Cl)ccc2OCC(=O)O)c1. The fourth-order valence-corrected chi connectivity index (χ4v) is 5.03. The van der Waals surface area contributed by atoms with Crippen LogP contribution in [0.3, 0.4) is 0 Å². The molecule has 0 spiro atoms. The van der Waals surface area contributed by atoms with Gasteiger partial charge in [-0.1, -0.05) is 35.9 Å². The molecule has 0 radical (unpaired) electrons. The number of rotatable bonds is 7. The van der Waals surface area contributed by atoms with E-state index in [1.54, 1.807) is 25.3 Å². The van der Waals surface area contributed by atoms with E-state index in [9.17, 15) is 9.59 Å². The highest BCUT2D eigenvalue weighted by Gasteiger charge is 2.34. The van der Waals surface area contributed by atoms with Crippen LogP contribution in [0.1, 0.15) is 22.7 Å². The summed E-state index contributed by atoms with van der Waals surface area (Å²) in [6, 6.07) is 20.3. The number of halogens is 1. The minimum absolute atomic E-state index is 0.0630. The van der Waals surface area contributed by atoms with E-state index in [0.29, 0.717) is 29.3 Å². The number of hydrogen-bond donors (Lipinski definition) is 1. The first kappa shape index (κ1) is 23.8. The number of aliphatic carboxylic acids is 1. The van der Waals surface area contributed by atoms with Crippen molar-refractivity contribution in [3.8, 4) is 11.5 Å². The van der Waals surface area contributed by atoms with Crippen LogP contribution in [0, 0.1) is 0 Å². The fourth-order valence-electron chi connectivity index (χ4n) is 4.85. The predicted molar refractivity (Wildman–Crippen MR) is 137 cm³/mol. The summed E-state index contributed by atoms with van der Waals surface area (Å²) in [6.45, 7) is 0.175. The number of ether oxygens (including phenoxy) is 2. The maximum Gasteiger partial charge on any atom is 0.341 e. The van der Waals surface area contributed by atoms with Crippen LogP contribution < -0.4 is 9.47 Å². The molecule has 8 heteroatoms. The summed E-state index contributed by atoms with van der Waals surface area (Å²) < 4.78 is 12.9. The van der Waals surface area contributed by atoms with Crippen LogP contribution >= 0.6 is 11.6 Å². The molecule has 36 heavy (non-hydrogen) atoms. The molecule has 4 aromatic rings. The van der Waals surface area contributed by atoms with Crippen LogP contribution in [0.4, 0.5) is 0 Å². The molecule has 5 rings (SSSR count). The Bertz CT molecular complexity index is 1450. The van der Waals surface area contributed by atoms with Gasteiger partial charge in [0.1, 0.15) is 18.0 Å². The lowest BCUT2D eigenvalue weighted by Gasteiger charge is -2.38. The summed E-state index contributed by atoms with van der Waals surface area (Å²) in [7, 11) is 1.63. The number of carboxylic acids is 1. The normalized spacial score (nSPS) is 14.9. The van der Waals surface area contributed by atoms with E-state index in [1.165, 1.54) is 0 Å². The van der Waals surface area contributed by atoms with E-state index in [0.717, 1.165) is 27.8 Å². The molecule has 0 saturated heterocycles. The molecule has 0 bridgehead atoms. The quantitative estimate of drug-likeness (QED) is 0.385. The van der Waals surface area contributed by atoms with Crippen molar-refractivity contribution in [2.24, 2.45) is 0 Å². The third kappa shape index (κ3) is 4.62. The van der Waals surface area contributed by atoms with Crippen LogP contribution in [0.15, 0.2) is 72.9 Å². The first-order valence-electron chi connectivity index (χ1n) is 11.6. The highest BCUT2D eigenvalue weighted by atomic mass is 35.5. The van der Waals surface area contributed by atoms with Crippen LogP contribution in [0.2, 0.25) is 5.02 Å². The van der Waals surface area contributed by atoms with Crippen molar-refractivity contribution < 1.29 is 24.2 Å². The van der Waals surface area contributed by atoms with Crippen molar-refractivity contribution in [3.63, 3.8) is 0 Å². The van der Waals surface area contributed by atoms with Crippen LogP contribution in [-0.2, 0) is 22.6 Å². The zero-order valence-corrected chi connectivity index (χ0v) is 20.4. The molecule has 0 aliphatic carbocycles. The van der Waals surface area contributed by atoms with Gasteiger partial charge >= 0.3 is 5.97 Å². The third-order valence-corrected chi connectivity index (χ3v) is 6.74. The van der Waals surface area contributed by atoms with Gasteiger partial charge in [-0.2, -0.15) is 0 Å². The maximum absolute atomic E-state index is 13.8. The van der Waals surface area contributed by atoms with E-state index < -0.39 is 18.6 Å². The van der Waals surface area contributed by atoms with Crippen LogP contribution in [0.25, 0.3) is 10.9 Å². The van der Waals surface area contributed by atoms with Crippen molar-refractivity contribution in [3.05, 3.63) is 94.6 Å². The number of aromatic nitrogens is 1. The molecule has 1 atom stereocenters. The average molecular weight is 505 g/mol. The topological polar surface area (TPSA) is 81.0 Å². The molecule has 1 aromatic heterocycles. The van der Waals surface area contributed by atoms with Gasteiger partial charge in [-0.25, -0.2) is 4.79 Å². The summed E-state index contributed by atoms with van der Waals surface area (Å²) in [4.78, 5) is 26.8. The smallest absolute Gasteiger partial charge is 0.341 e. The summed E-state index contributed by atoms with van der Waals surface area (Å²) in [6.07, 6.45) is 2.61. The molecule has 0 fully saturated rings. The monoisotopic (exact) mass is 504 g/mol. The van der Waals surface area contributed by atoms with Crippen molar-refractivity contribution in [2.75, 3.05) is 20.3 Å². The number of amides is 1. The molecule has 1 aliphatic rings. The van der Waals surface area contributed by atoms with Gasteiger partial charge in [-0.15, -0.1) is 0 Å². The lowest BCUT2D eigenvalue weighted by molar-refractivity contribution is -0.139. The number of carboxylic acid groups (broad SMARTS) is 1. The van der Waals surface area contributed by atoms with Gasteiger partial charge in [0.2, 0.25) is 5.91 Å². The van der Waals surface area contributed by atoms with E-state index in [1.807, 2.05) is 58.1 Å². The molecule has 3 aromatic carbocycles. The third-order valence-electron chi connectivity index (χ3n) is 6.51. The van der Waals surface area contributed by atoms with Crippen LogP contribution in [0.5, 0.6) is 11.5 Å². The minimum Gasteiger partial charge on any atom is -0.497 e. The molecule has 184 valence electrons. The van der Waals surface area contributed by atoms with Crippen molar-refractivity contribution in [1.82, 2.24) is 9.47 Å². The Kier molecular flexibility index (Phi) is 6.57. The molecule has 1 amide bonds. The number of fused-ring (bicyclic) bond motifs is 2. The number of methoxy groups -OCH3 is 1. The number of nitrogens with zero attached hydrogens (tertiary/aromatic N) is 2. The predicted octanol–water partition coefficient (Wildman–Crippen LogP) is 4.94. The van der Waals surface area contributed by atoms with Gasteiger partial charge in [0.15, 0.2) is 6.61 Å². The van der Waals surface area contributed by atoms with Gasteiger partial charge in [0, 0.05) is 34.2 Å². The van der Waals surface area contributed by atoms with Crippen molar-refractivity contribution in [1.29, 1.82) is 0 Å². The second-order valence-corrected chi connectivity index (χ2v) is 9.11. The zero-order valence-electron chi connectivity index (χ0n) is 19.7. The highest BCUT2D eigenvalue weighted by Crippen LogP contribution is 2.40. The lowest BCUT2D eigenvalue weighted by Crippen LogP contribution is -2.42. The summed E-state index contributed by atoms with van der Waals surface area (Å²) in [5.74, 6) is 0.00455. The minimum atomic E-state index is -1.08. The second-order valence-electron chi connectivity index (χ2n) is 8.67. The molecule has 1 N–H and O–H groups in total. The maximum atomic E-state index is 13.8. The van der Waals surface area contributed by atoms with E-state index in [-0.39, 0.29) is 12.5 Å². The highest BCUT2D eigenvalue weighted by molar-refractivity contribution is 6.30. The number of benzene rings is 3. The number of carbonyl (C=O) groups is 2. The first-order valence-corrected chi connectivity index (χ1v) is 12.0. The van der Waals surface area contributed by atoms with Gasteiger partial charge in [-0.3, -0.25) is 4.79 Å². The van der Waals surface area contributed by atoms with E-state index in [4.69, 9.17) is 26.2 Å². The largest absolute Gasteiger partial charge is 0.497 e. The Balaban J connectivity index is 1.53. The Morgan fingerprint density at radius 2 is 1.89 bits per heavy atom. The fraction of sp³-hybridized carbons (Fsp3) is 0.214. The Morgan fingerprint density at radius 3 is 2.69 bits per heavy atom. The number of carbonyl (C=O) groups excluding carboxylic acids is 1. The van der Waals surface area contributed by atoms with Gasteiger partial charge < -0.3 is 24.0 Å². The second kappa shape index (κ2) is 9.95. The molecular weight excluding hydrogens is 480 g/mol. The molecule has 7 nitrogen and oxygen atoms in total. The van der Waals surface area contributed by atoms with Crippen molar-refractivity contribution in [2.45, 2.75) is 19.0 Å². The van der Waals surface area contributed by atoms with Gasteiger partial charge in [-0.05, 0) is 60.0 Å². The van der Waals surface area contributed by atoms with Crippen molar-refractivity contribution >= 4 is 34.4 Å². The summed E-state index contributed by atoms with van der Waals surface area (Å²) in [5.41, 5.74) is 3.70. The first-order chi connectivity index (χ1) is 17.4. The van der Waals surface area contributed by atoms with Gasteiger partial charge in [0.25, 0.3) is 0 Å². The van der Waals surface area contributed by atoms with E-state index in [2.05, 4.69) is 6.07 Å². The summed E-state index contributed by atoms with van der Waals surface area (Å²) >= 11 is 6.37. The molecule has 2 heterocycles. The standard InChI is InChI=1S/C28H25ClN2O5/c1-35-21-7-8-24-19(14-21)10-12-30(24)16-26(32)31-13-11-18-4-2-3-5-22(18)28(31)23-15-20(29)6-9-25(23)36-17-27(33)34/h2-10,12,14-15,28H,11,13,16-17H2,1H3,(H,33,34). The Morgan fingerprint density at radius 1 is 1.06 bits per heavy atom. The molecular formula is C28H25ClN2O5. The Hall–Kier alpha value is -3.97. The van der Waals surface area contributed by atoms with E-state index >= 15 is 0 Å². The van der Waals surface area contributed by atoms with Crippen LogP contribution in [-0.4, -0.2) is 46.7 Å². The Labute approximate surface area is 213 Å². The molecule has 1 unspecified atom stereocenters. The summed E-state index contributed by atoms with van der Waals surface area (Å²) in [5, 5.41) is 10.6. The zero-order chi connectivity index (χ0) is 25.2. The molecule has 1 aliphatic heterocycles. The van der Waals surface area contributed by atoms with Gasteiger partial charge in [0.05, 0.1) is 13.2 Å². The average Bonchev–Trinajstić information content (AvgIpc) is 3.28. The molecule has 0 saturated carbocycles. The lowest BCUT2D eigenvalue weighted by atomic mass is 9.87.